The molecule has 0 spiro atoms. The van der Waals surface area contributed by atoms with Crippen molar-refractivity contribution >= 4 is 34.9 Å². The van der Waals surface area contributed by atoms with Crippen LogP contribution in [-0.2, 0) is 4.79 Å². The number of halogens is 1. The summed E-state index contributed by atoms with van der Waals surface area (Å²) in [6, 6.07) is 13.7. The zero-order chi connectivity index (χ0) is 13.8. The Hall–Kier alpha value is -2.26. The highest BCUT2D eigenvalue weighted by molar-refractivity contribution is 6.30. The summed E-state index contributed by atoms with van der Waals surface area (Å²) < 4.78 is 0. The quantitative estimate of drug-likeness (QED) is 0.511. The van der Waals surface area contributed by atoms with Crippen LogP contribution in [-0.4, -0.2) is 11.1 Å². The predicted octanol–water partition coefficient (Wildman–Crippen LogP) is 3.55. The molecule has 96 valence electrons. The lowest BCUT2D eigenvalue weighted by Crippen LogP contribution is -1.99. The number of aliphatic carboxylic acids is 1. The van der Waals surface area contributed by atoms with Gasteiger partial charge in [-0.05, 0) is 41.5 Å². The third-order valence-electron chi connectivity index (χ3n) is 2.61. The van der Waals surface area contributed by atoms with Gasteiger partial charge in [-0.15, -0.1) is 0 Å². The van der Waals surface area contributed by atoms with Gasteiger partial charge in [0.05, 0.1) is 5.57 Å². The van der Waals surface area contributed by atoms with Crippen LogP contribution in [0.25, 0.3) is 11.6 Å². The molecule has 0 unspecified atom stereocenters. The van der Waals surface area contributed by atoms with Gasteiger partial charge in [-0.25, -0.2) is 4.79 Å². The van der Waals surface area contributed by atoms with Crippen molar-refractivity contribution in [1.29, 1.82) is 0 Å². The minimum Gasteiger partial charge on any atom is -0.478 e. The Balaban J connectivity index is 2.46. The van der Waals surface area contributed by atoms with Crippen molar-refractivity contribution in [2.75, 3.05) is 5.73 Å². The number of nitrogen functional groups attached to an aromatic ring is 1. The molecule has 0 atom stereocenters. The summed E-state index contributed by atoms with van der Waals surface area (Å²) in [5.74, 6) is -0.996. The molecule has 2 aromatic carbocycles. The number of carbonyl (C=O) groups is 1. The van der Waals surface area contributed by atoms with Crippen LogP contribution in [0, 0.1) is 0 Å². The Morgan fingerprint density at radius 3 is 2.42 bits per heavy atom. The topological polar surface area (TPSA) is 63.3 Å². The van der Waals surface area contributed by atoms with E-state index >= 15 is 0 Å². The van der Waals surface area contributed by atoms with E-state index in [1.165, 1.54) is 0 Å². The van der Waals surface area contributed by atoms with Crippen LogP contribution in [0.2, 0.25) is 5.02 Å². The normalized spacial score (nSPS) is 11.3. The molecule has 0 aliphatic rings. The molecule has 0 fully saturated rings. The number of hydrogen-bond donors (Lipinski definition) is 2. The van der Waals surface area contributed by atoms with Gasteiger partial charge in [0.25, 0.3) is 0 Å². The zero-order valence-electron chi connectivity index (χ0n) is 10.0. The number of carboxylic acid groups (broad SMARTS) is 1. The molecule has 0 amide bonds. The molecular formula is C15H12ClNO2. The third-order valence-corrected chi connectivity index (χ3v) is 2.86. The molecule has 0 heterocycles. The van der Waals surface area contributed by atoms with Crippen molar-refractivity contribution in [2.24, 2.45) is 0 Å². The highest BCUT2D eigenvalue weighted by Crippen LogP contribution is 2.21. The van der Waals surface area contributed by atoms with Crippen molar-refractivity contribution in [2.45, 2.75) is 0 Å². The number of benzene rings is 2. The van der Waals surface area contributed by atoms with Crippen molar-refractivity contribution in [3.05, 3.63) is 64.7 Å². The molecule has 0 aliphatic heterocycles. The average molecular weight is 274 g/mol. The summed E-state index contributed by atoms with van der Waals surface area (Å²) in [5.41, 5.74) is 7.80. The summed E-state index contributed by atoms with van der Waals surface area (Å²) >= 11 is 5.79. The molecule has 0 aliphatic carbocycles. The molecule has 0 saturated heterocycles. The second-order valence-corrected chi connectivity index (χ2v) is 4.48. The molecule has 0 aromatic heterocycles. The Bertz CT molecular complexity index is 633. The van der Waals surface area contributed by atoms with Crippen LogP contribution < -0.4 is 5.73 Å². The summed E-state index contributed by atoms with van der Waals surface area (Å²) in [5, 5.41) is 9.86. The molecule has 2 aromatic rings. The third kappa shape index (κ3) is 3.36. The number of anilines is 1. The summed E-state index contributed by atoms with van der Waals surface area (Å²) in [6.45, 7) is 0. The van der Waals surface area contributed by atoms with Crippen molar-refractivity contribution in [3.63, 3.8) is 0 Å². The SMILES string of the molecule is Nc1cccc(/C=C(/C(=O)O)c2ccc(Cl)cc2)c1. The van der Waals surface area contributed by atoms with E-state index in [4.69, 9.17) is 17.3 Å². The van der Waals surface area contributed by atoms with Crippen LogP contribution >= 0.6 is 11.6 Å². The lowest BCUT2D eigenvalue weighted by Gasteiger charge is -2.04. The van der Waals surface area contributed by atoms with Crippen molar-refractivity contribution < 1.29 is 9.90 Å². The largest absolute Gasteiger partial charge is 0.478 e. The van der Waals surface area contributed by atoms with E-state index in [9.17, 15) is 9.90 Å². The van der Waals surface area contributed by atoms with Gasteiger partial charge in [-0.2, -0.15) is 0 Å². The first-order valence-electron chi connectivity index (χ1n) is 5.63. The molecule has 4 heteroatoms. The smallest absolute Gasteiger partial charge is 0.336 e. The van der Waals surface area contributed by atoms with Gasteiger partial charge < -0.3 is 10.8 Å². The van der Waals surface area contributed by atoms with E-state index in [2.05, 4.69) is 0 Å². The van der Waals surface area contributed by atoms with Crippen LogP contribution in [0.4, 0.5) is 5.69 Å². The molecule has 3 N–H and O–H groups in total. The van der Waals surface area contributed by atoms with Crippen LogP contribution in [0.3, 0.4) is 0 Å². The lowest BCUT2D eigenvalue weighted by atomic mass is 10.0. The standard InChI is InChI=1S/C15H12ClNO2/c16-12-6-4-11(5-7-12)14(15(18)19)9-10-2-1-3-13(17)8-10/h1-9H,17H2,(H,18,19)/b14-9+. The van der Waals surface area contributed by atoms with Gasteiger partial charge in [-0.1, -0.05) is 35.9 Å². The predicted molar refractivity (Wildman–Crippen MR) is 77.8 cm³/mol. The van der Waals surface area contributed by atoms with Gasteiger partial charge in [0.1, 0.15) is 0 Å². The molecule has 19 heavy (non-hydrogen) atoms. The Morgan fingerprint density at radius 1 is 1.16 bits per heavy atom. The maximum atomic E-state index is 11.3. The highest BCUT2D eigenvalue weighted by atomic mass is 35.5. The minimum absolute atomic E-state index is 0.197. The van der Waals surface area contributed by atoms with Gasteiger partial charge in [0, 0.05) is 10.7 Å². The monoisotopic (exact) mass is 273 g/mol. The van der Waals surface area contributed by atoms with Crippen molar-refractivity contribution in [3.8, 4) is 0 Å². The summed E-state index contributed by atoms with van der Waals surface area (Å²) in [6.07, 6.45) is 1.59. The Kier molecular flexibility index (Phi) is 3.88. The first-order chi connectivity index (χ1) is 9.06. The fourth-order valence-corrected chi connectivity index (χ4v) is 1.84. The fraction of sp³-hybridized carbons (Fsp3) is 0. The first-order valence-corrected chi connectivity index (χ1v) is 6.00. The molecule has 3 nitrogen and oxygen atoms in total. The van der Waals surface area contributed by atoms with E-state index in [0.717, 1.165) is 5.56 Å². The van der Waals surface area contributed by atoms with Gasteiger partial charge in [-0.3, -0.25) is 0 Å². The second kappa shape index (κ2) is 5.59. The summed E-state index contributed by atoms with van der Waals surface area (Å²) in [7, 11) is 0. The van der Waals surface area contributed by atoms with Crippen LogP contribution in [0.15, 0.2) is 48.5 Å². The minimum atomic E-state index is -0.996. The van der Waals surface area contributed by atoms with Gasteiger partial charge in [0.15, 0.2) is 0 Å². The zero-order valence-corrected chi connectivity index (χ0v) is 10.8. The van der Waals surface area contributed by atoms with E-state index in [-0.39, 0.29) is 5.57 Å². The number of carboxylic acids is 1. The molecule has 0 saturated carbocycles. The molecular weight excluding hydrogens is 262 g/mol. The van der Waals surface area contributed by atoms with Gasteiger partial charge in [0.2, 0.25) is 0 Å². The van der Waals surface area contributed by atoms with E-state index in [1.54, 1.807) is 54.6 Å². The fourth-order valence-electron chi connectivity index (χ4n) is 1.71. The Labute approximate surface area is 115 Å². The van der Waals surface area contributed by atoms with Gasteiger partial charge >= 0.3 is 5.97 Å². The maximum Gasteiger partial charge on any atom is 0.336 e. The Morgan fingerprint density at radius 2 is 1.84 bits per heavy atom. The van der Waals surface area contributed by atoms with Crippen molar-refractivity contribution in [1.82, 2.24) is 0 Å². The molecule has 2 rings (SSSR count). The number of rotatable bonds is 3. The second-order valence-electron chi connectivity index (χ2n) is 4.04. The lowest BCUT2D eigenvalue weighted by molar-refractivity contribution is -0.130. The molecule has 0 radical (unpaired) electrons. The van der Waals surface area contributed by atoms with E-state index < -0.39 is 5.97 Å². The summed E-state index contributed by atoms with van der Waals surface area (Å²) in [4.78, 5) is 11.3. The maximum absolute atomic E-state index is 11.3. The average Bonchev–Trinajstić information content (AvgIpc) is 2.37. The number of hydrogen-bond acceptors (Lipinski definition) is 2. The van der Waals surface area contributed by atoms with Crippen LogP contribution in [0.1, 0.15) is 11.1 Å². The van der Waals surface area contributed by atoms with E-state index in [1.807, 2.05) is 0 Å². The first kappa shape index (κ1) is 13.2. The van der Waals surface area contributed by atoms with E-state index in [0.29, 0.717) is 16.3 Å². The van der Waals surface area contributed by atoms with Crippen LogP contribution in [0.5, 0.6) is 0 Å². The highest BCUT2D eigenvalue weighted by Gasteiger charge is 2.10. The number of nitrogens with two attached hydrogens (primary N) is 1. The molecule has 0 bridgehead atoms.